The maximum atomic E-state index is 12.0. The fourth-order valence-electron chi connectivity index (χ4n) is 2.22. The van der Waals surface area contributed by atoms with Crippen LogP contribution < -0.4 is 0 Å². The van der Waals surface area contributed by atoms with Gasteiger partial charge in [0, 0.05) is 18.3 Å². The van der Waals surface area contributed by atoms with Gasteiger partial charge >= 0.3 is 0 Å². The van der Waals surface area contributed by atoms with Crippen LogP contribution in [0.1, 0.15) is 46.5 Å². The van der Waals surface area contributed by atoms with E-state index in [0.717, 1.165) is 19.3 Å². The number of carbonyl (C=O) groups excluding carboxylic acids is 2. The molecular formula is C13H20O2. The van der Waals surface area contributed by atoms with E-state index in [9.17, 15) is 9.59 Å². The van der Waals surface area contributed by atoms with Gasteiger partial charge in [0.25, 0.3) is 0 Å². The smallest absolute Gasteiger partial charge is 0.139 e. The molecule has 0 aromatic carbocycles. The second kappa shape index (κ2) is 5.24. The van der Waals surface area contributed by atoms with Crippen LogP contribution in [0.15, 0.2) is 11.6 Å². The zero-order valence-electron chi connectivity index (χ0n) is 9.88. The molecule has 0 heterocycles. The van der Waals surface area contributed by atoms with E-state index in [1.807, 2.05) is 6.92 Å². The first-order valence-electron chi connectivity index (χ1n) is 5.69. The van der Waals surface area contributed by atoms with E-state index in [0.29, 0.717) is 6.42 Å². The lowest BCUT2D eigenvalue weighted by molar-refractivity contribution is -0.130. The first kappa shape index (κ1) is 12.2. The average molecular weight is 208 g/mol. The summed E-state index contributed by atoms with van der Waals surface area (Å²) in [4.78, 5) is 23.1. The van der Waals surface area contributed by atoms with Gasteiger partial charge in [-0.3, -0.25) is 4.79 Å². The molecular weight excluding hydrogens is 188 g/mol. The van der Waals surface area contributed by atoms with Gasteiger partial charge in [-0.25, -0.2) is 0 Å². The zero-order valence-corrected chi connectivity index (χ0v) is 9.88. The van der Waals surface area contributed by atoms with Gasteiger partial charge in [0.2, 0.25) is 0 Å². The minimum atomic E-state index is -0.0750. The highest BCUT2D eigenvalue weighted by atomic mass is 16.1. The van der Waals surface area contributed by atoms with Crippen molar-refractivity contribution in [1.29, 1.82) is 0 Å². The predicted octanol–water partition coefficient (Wildman–Crippen LogP) is 2.92. The van der Waals surface area contributed by atoms with Gasteiger partial charge in [-0.05, 0) is 33.1 Å². The molecule has 0 aromatic heterocycles. The van der Waals surface area contributed by atoms with Crippen LogP contribution >= 0.6 is 0 Å². The van der Waals surface area contributed by atoms with Gasteiger partial charge in [0.15, 0.2) is 0 Å². The Labute approximate surface area is 91.7 Å². The lowest BCUT2D eigenvalue weighted by atomic mass is 9.82. The van der Waals surface area contributed by atoms with E-state index in [1.54, 1.807) is 6.92 Å². The molecule has 0 bridgehead atoms. The monoisotopic (exact) mass is 208 g/mol. The van der Waals surface area contributed by atoms with Gasteiger partial charge < -0.3 is 4.79 Å². The van der Waals surface area contributed by atoms with Crippen molar-refractivity contribution in [3.05, 3.63) is 11.6 Å². The molecule has 15 heavy (non-hydrogen) atoms. The van der Waals surface area contributed by atoms with Crippen molar-refractivity contribution < 1.29 is 9.59 Å². The molecule has 0 saturated heterocycles. The van der Waals surface area contributed by atoms with Crippen molar-refractivity contribution in [1.82, 2.24) is 0 Å². The van der Waals surface area contributed by atoms with E-state index >= 15 is 0 Å². The van der Waals surface area contributed by atoms with E-state index in [2.05, 4.69) is 13.0 Å². The summed E-state index contributed by atoms with van der Waals surface area (Å²) in [5.74, 6) is 0.430. The molecule has 0 N–H and O–H groups in total. The predicted molar refractivity (Wildman–Crippen MR) is 60.6 cm³/mol. The van der Waals surface area contributed by atoms with E-state index < -0.39 is 0 Å². The summed E-state index contributed by atoms with van der Waals surface area (Å²) in [6.07, 6.45) is 5.29. The number of allylic oxidation sites excluding steroid dienone is 2. The Morgan fingerprint density at radius 3 is 2.80 bits per heavy atom. The van der Waals surface area contributed by atoms with Crippen molar-refractivity contribution in [2.24, 2.45) is 11.8 Å². The van der Waals surface area contributed by atoms with E-state index in [4.69, 9.17) is 0 Å². The lowest BCUT2D eigenvalue weighted by Gasteiger charge is -2.21. The van der Waals surface area contributed by atoms with Crippen LogP contribution in [-0.4, -0.2) is 11.6 Å². The lowest BCUT2D eigenvalue weighted by Crippen LogP contribution is -2.25. The largest absolute Gasteiger partial charge is 0.300 e. The van der Waals surface area contributed by atoms with Crippen LogP contribution in [0.3, 0.4) is 0 Å². The Bertz CT molecular complexity index is 289. The highest BCUT2D eigenvalue weighted by molar-refractivity contribution is 5.88. The average Bonchev–Trinajstić information content (AvgIpc) is 2.13. The van der Waals surface area contributed by atoms with Crippen LogP contribution in [-0.2, 0) is 9.59 Å². The molecule has 1 rings (SSSR count). The summed E-state index contributed by atoms with van der Waals surface area (Å²) in [7, 11) is 0. The Balaban J connectivity index is 2.78. The van der Waals surface area contributed by atoms with Gasteiger partial charge in [0.1, 0.15) is 11.6 Å². The number of ketones is 2. The van der Waals surface area contributed by atoms with E-state index in [1.165, 1.54) is 5.57 Å². The third-order valence-electron chi connectivity index (χ3n) is 3.08. The quantitative estimate of drug-likeness (QED) is 0.654. The Morgan fingerprint density at radius 1 is 1.53 bits per heavy atom. The summed E-state index contributed by atoms with van der Waals surface area (Å²) in [5.41, 5.74) is 1.25. The van der Waals surface area contributed by atoms with Crippen LogP contribution in [0.25, 0.3) is 0 Å². The molecule has 0 amide bonds. The SMILES string of the molecule is CC(=O)CC1C/C(C)=C\CCC(C)C1=O. The van der Waals surface area contributed by atoms with Crippen LogP contribution in [0.5, 0.6) is 0 Å². The summed E-state index contributed by atoms with van der Waals surface area (Å²) in [6.45, 7) is 5.59. The Kier molecular flexibility index (Phi) is 4.25. The first-order valence-corrected chi connectivity index (χ1v) is 5.69. The highest BCUT2D eigenvalue weighted by Gasteiger charge is 2.26. The van der Waals surface area contributed by atoms with E-state index in [-0.39, 0.29) is 23.4 Å². The summed E-state index contributed by atoms with van der Waals surface area (Å²) < 4.78 is 0. The third kappa shape index (κ3) is 3.61. The molecule has 2 unspecified atom stereocenters. The standard InChI is InChI=1S/C13H20O2/c1-9-5-4-6-10(2)13(15)12(7-9)8-11(3)14/h5,10,12H,4,6-8H2,1-3H3/b9-5-. The number of carbonyl (C=O) groups is 2. The van der Waals surface area contributed by atoms with Crippen molar-refractivity contribution in [3.8, 4) is 0 Å². The third-order valence-corrected chi connectivity index (χ3v) is 3.08. The second-order valence-corrected chi connectivity index (χ2v) is 4.74. The van der Waals surface area contributed by atoms with Gasteiger partial charge in [-0.15, -0.1) is 0 Å². The van der Waals surface area contributed by atoms with Gasteiger partial charge in [-0.1, -0.05) is 18.6 Å². The first-order chi connectivity index (χ1) is 7.00. The molecule has 0 aromatic rings. The van der Waals surface area contributed by atoms with Crippen LogP contribution in [0, 0.1) is 11.8 Å². The maximum absolute atomic E-state index is 12.0. The summed E-state index contributed by atoms with van der Waals surface area (Å²) in [6, 6.07) is 0. The van der Waals surface area contributed by atoms with Crippen LogP contribution in [0.4, 0.5) is 0 Å². The summed E-state index contributed by atoms with van der Waals surface area (Å²) in [5, 5.41) is 0. The molecule has 2 atom stereocenters. The van der Waals surface area contributed by atoms with Crippen LogP contribution in [0.2, 0.25) is 0 Å². The topological polar surface area (TPSA) is 34.1 Å². The molecule has 0 aliphatic heterocycles. The molecule has 1 aliphatic carbocycles. The zero-order chi connectivity index (χ0) is 11.4. The minimum absolute atomic E-state index is 0.0750. The minimum Gasteiger partial charge on any atom is -0.300 e. The normalized spacial score (nSPS) is 31.4. The maximum Gasteiger partial charge on any atom is 0.139 e. The highest BCUT2D eigenvalue weighted by Crippen LogP contribution is 2.25. The molecule has 84 valence electrons. The number of hydrogen-bond acceptors (Lipinski definition) is 2. The fraction of sp³-hybridized carbons (Fsp3) is 0.692. The molecule has 2 nitrogen and oxygen atoms in total. The second-order valence-electron chi connectivity index (χ2n) is 4.74. The van der Waals surface area contributed by atoms with Crippen molar-refractivity contribution in [2.75, 3.05) is 0 Å². The van der Waals surface area contributed by atoms with Gasteiger partial charge in [0.05, 0.1) is 0 Å². The number of hydrogen-bond donors (Lipinski definition) is 0. The number of Topliss-reactive ketones (excluding diaryl/α,β-unsaturated/α-hetero) is 2. The molecule has 0 spiro atoms. The molecule has 0 saturated carbocycles. The number of rotatable bonds is 2. The molecule has 2 heteroatoms. The molecule has 0 fully saturated rings. The Hall–Kier alpha value is -0.920. The summed E-state index contributed by atoms with van der Waals surface area (Å²) >= 11 is 0. The molecule has 0 radical (unpaired) electrons. The fourth-order valence-corrected chi connectivity index (χ4v) is 2.22. The van der Waals surface area contributed by atoms with Crippen molar-refractivity contribution in [2.45, 2.75) is 46.5 Å². The molecule has 1 aliphatic rings. The van der Waals surface area contributed by atoms with Crippen molar-refractivity contribution in [3.63, 3.8) is 0 Å². The van der Waals surface area contributed by atoms with Gasteiger partial charge in [-0.2, -0.15) is 0 Å². The van der Waals surface area contributed by atoms with Crippen molar-refractivity contribution >= 4 is 11.6 Å². The Morgan fingerprint density at radius 2 is 2.20 bits per heavy atom.